The summed E-state index contributed by atoms with van der Waals surface area (Å²) in [4.78, 5) is 11.9. The molecule has 108 valence electrons. The van der Waals surface area contributed by atoms with E-state index in [4.69, 9.17) is 17.3 Å². The van der Waals surface area contributed by atoms with E-state index in [-0.39, 0.29) is 28.6 Å². The van der Waals surface area contributed by atoms with Gasteiger partial charge in [-0.05, 0) is 24.6 Å². The molecule has 4 nitrogen and oxygen atoms in total. The number of rotatable bonds is 4. The van der Waals surface area contributed by atoms with Crippen LogP contribution in [0.1, 0.15) is 6.42 Å². The number of carbonyl (C=O) groups excluding carboxylic acids is 1. The Bertz CT molecular complexity index is 537. The van der Waals surface area contributed by atoms with E-state index < -0.39 is 6.61 Å². The Balaban J connectivity index is 2.01. The van der Waals surface area contributed by atoms with Gasteiger partial charge in [0.05, 0.1) is 10.9 Å². The van der Waals surface area contributed by atoms with Gasteiger partial charge in [-0.25, -0.2) is 0 Å². The first-order valence-electron chi connectivity index (χ1n) is 5.95. The Kier molecular flexibility index (Phi) is 4.57. The van der Waals surface area contributed by atoms with E-state index in [1.807, 2.05) is 0 Å². The molecule has 0 heterocycles. The Morgan fingerprint density at radius 2 is 2.20 bits per heavy atom. The monoisotopic (exact) mass is 302 g/mol. The number of anilines is 1. The number of amides is 1. The molecule has 0 bridgehead atoms. The average molecular weight is 303 g/mol. The van der Waals surface area contributed by atoms with Crippen LogP contribution in [-0.2, 0) is 4.79 Å². The summed E-state index contributed by atoms with van der Waals surface area (Å²) < 4.78 is 28.4. The van der Waals surface area contributed by atoms with E-state index in [0.29, 0.717) is 12.1 Å². The van der Waals surface area contributed by atoms with Crippen molar-refractivity contribution in [3.63, 3.8) is 0 Å². The van der Waals surface area contributed by atoms with E-state index in [9.17, 15) is 13.6 Å². The van der Waals surface area contributed by atoms with Crippen molar-refractivity contribution in [2.75, 3.05) is 5.32 Å². The molecule has 0 saturated carbocycles. The smallest absolute Gasteiger partial charge is 0.387 e. The lowest BCUT2D eigenvalue weighted by Crippen LogP contribution is -2.23. The molecule has 20 heavy (non-hydrogen) atoms. The zero-order valence-corrected chi connectivity index (χ0v) is 11.1. The van der Waals surface area contributed by atoms with Crippen LogP contribution in [0, 0.1) is 5.92 Å². The summed E-state index contributed by atoms with van der Waals surface area (Å²) in [7, 11) is 0. The SMILES string of the molecule is NC1C=CC(C(=O)Nc2ccc(OC(F)F)c(Cl)c2)C1. The molecule has 0 spiro atoms. The highest BCUT2D eigenvalue weighted by molar-refractivity contribution is 6.32. The van der Waals surface area contributed by atoms with Gasteiger partial charge in [0.25, 0.3) is 0 Å². The minimum atomic E-state index is -2.95. The fourth-order valence-corrected chi connectivity index (χ4v) is 2.15. The summed E-state index contributed by atoms with van der Waals surface area (Å²) in [5, 5.41) is 2.65. The van der Waals surface area contributed by atoms with Gasteiger partial charge in [0.15, 0.2) is 0 Å². The molecule has 1 amide bonds. The summed E-state index contributed by atoms with van der Waals surface area (Å²) in [5.74, 6) is -0.643. The highest BCUT2D eigenvalue weighted by Crippen LogP contribution is 2.29. The maximum absolute atomic E-state index is 12.1. The molecule has 1 aromatic carbocycles. The van der Waals surface area contributed by atoms with E-state index in [1.165, 1.54) is 18.2 Å². The highest BCUT2D eigenvalue weighted by Gasteiger charge is 2.22. The highest BCUT2D eigenvalue weighted by atomic mass is 35.5. The lowest BCUT2D eigenvalue weighted by atomic mass is 10.1. The molecule has 2 unspecified atom stereocenters. The average Bonchev–Trinajstić information content (AvgIpc) is 2.79. The number of halogens is 3. The van der Waals surface area contributed by atoms with Crippen LogP contribution in [0.4, 0.5) is 14.5 Å². The summed E-state index contributed by atoms with van der Waals surface area (Å²) >= 11 is 5.80. The standard InChI is InChI=1S/C13H13ClF2N2O2/c14-10-6-9(3-4-11(10)20-13(15)16)18-12(19)7-1-2-8(17)5-7/h1-4,6-8,13H,5,17H2,(H,18,19). The number of hydrogen-bond donors (Lipinski definition) is 2. The zero-order chi connectivity index (χ0) is 14.7. The van der Waals surface area contributed by atoms with Crippen molar-refractivity contribution in [1.29, 1.82) is 0 Å². The van der Waals surface area contributed by atoms with Crippen molar-refractivity contribution in [1.82, 2.24) is 0 Å². The zero-order valence-electron chi connectivity index (χ0n) is 10.4. The first-order valence-corrected chi connectivity index (χ1v) is 6.32. The van der Waals surface area contributed by atoms with Gasteiger partial charge in [-0.3, -0.25) is 4.79 Å². The molecule has 0 aromatic heterocycles. The summed E-state index contributed by atoms with van der Waals surface area (Å²) in [5.41, 5.74) is 6.08. The van der Waals surface area contributed by atoms with Gasteiger partial charge in [0, 0.05) is 11.7 Å². The van der Waals surface area contributed by atoms with Gasteiger partial charge in [0.1, 0.15) is 5.75 Å². The summed E-state index contributed by atoms with van der Waals surface area (Å²) in [6, 6.07) is 3.96. The summed E-state index contributed by atoms with van der Waals surface area (Å²) in [6.45, 7) is -2.95. The molecule has 3 N–H and O–H groups in total. The molecule has 2 rings (SSSR count). The molecule has 1 aliphatic carbocycles. The molecule has 1 aliphatic rings. The van der Waals surface area contributed by atoms with Gasteiger partial charge >= 0.3 is 6.61 Å². The first-order chi connectivity index (χ1) is 9.45. The van der Waals surface area contributed by atoms with Crippen LogP contribution in [-0.4, -0.2) is 18.6 Å². The second kappa shape index (κ2) is 6.19. The number of carbonyl (C=O) groups is 1. The molecule has 0 aliphatic heterocycles. The fourth-order valence-electron chi connectivity index (χ4n) is 1.93. The Morgan fingerprint density at radius 3 is 2.75 bits per heavy atom. The molecular formula is C13H13ClF2N2O2. The van der Waals surface area contributed by atoms with E-state index in [1.54, 1.807) is 12.2 Å². The van der Waals surface area contributed by atoms with Gasteiger partial charge in [-0.1, -0.05) is 23.8 Å². The Labute approximate surface area is 119 Å². The maximum atomic E-state index is 12.1. The number of nitrogens with one attached hydrogen (secondary N) is 1. The van der Waals surface area contributed by atoms with E-state index >= 15 is 0 Å². The van der Waals surface area contributed by atoms with Gasteiger partial charge in [0.2, 0.25) is 5.91 Å². The van der Waals surface area contributed by atoms with Crippen LogP contribution in [0.2, 0.25) is 5.02 Å². The van der Waals surface area contributed by atoms with E-state index in [0.717, 1.165) is 0 Å². The number of benzene rings is 1. The third-order valence-corrected chi connectivity index (χ3v) is 3.16. The molecule has 7 heteroatoms. The molecule has 2 atom stereocenters. The van der Waals surface area contributed by atoms with Crippen molar-refractivity contribution in [3.05, 3.63) is 35.4 Å². The predicted octanol–water partition coefficient (Wildman–Crippen LogP) is 2.78. The number of hydrogen-bond acceptors (Lipinski definition) is 3. The molecule has 1 aromatic rings. The molecule has 0 saturated heterocycles. The van der Waals surface area contributed by atoms with Crippen LogP contribution in [0.25, 0.3) is 0 Å². The number of ether oxygens (including phenoxy) is 1. The second-order valence-corrected chi connectivity index (χ2v) is 4.81. The van der Waals surface area contributed by atoms with Crippen LogP contribution in [0.5, 0.6) is 5.75 Å². The topological polar surface area (TPSA) is 64.4 Å². The fraction of sp³-hybridized carbons (Fsp3) is 0.308. The third-order valence-electron chi connectivity index (χ3n) is 2.87. The Hall–Kier alpha value is -1.66. The second-order valence-electron chi connectivity index (χ2n) is 4.40. The maximum Gasteiger partial charge on any atom is 0.387 e. The van der Waals surface area contributed by atoms with Crippen LogP contribution in [0.15, 0.2) is 30.4 Å². The number of nitrogens with two attached hydrogens (primary N) is 1. The lowest BCUT2D eigenvalue weighted by Gasteiger charge is -2.12. The third kappa shape index (κ3) is 3.68. The largest absolute Gasteiger partial charge is 0.433 e. The molecule has 0 fully saturated rings. The van der Waals surface area contributed by atoms with Crippen LogP contribution >= 0.6 is 11.6 Å². The normalized spacial score (nSPS) is 21.2. The van der Waals surface area contributed by atoms with Crippen LogP contribution < -0.4 is 15.8 Å². The number of alkyl halides is 2. The van der Waals surface area contributed by atoms with Crippen molar-refractivity contribution in [2.24, 2.45) is 11.7 Å². The summed E-state index contributed by atoms with van der Waals surface area (Å²) in [6.07, 6.45) is 4.07. The van der Waals surface area contributed by atoms with Gasteiger partial charge < -0.3 is 15.8 Å². The van der Waals surface area contributed by atoms with Crippen LogP contribution in [0.3, 0.4) is 0 Å². The Morgan fingerprint density at radius 1 is 1.45 bits per heavy atom. The van der Waals surface area contributed by atoms with Gasteiger partial charge in [-0.15, -0.1) is 0 Å². The lowest BCUT2D eigenvalue weighted by molar-refractivity contribution is -0.118. The first kappa shape index (κ1) is 14.7. The van der Waals surface area contributed by atoms with Crippen molar-refractivity contribution < 1.29 is 18.3 Å². The van der Waals surface area contributed by atoms with E-state index in [2.05, 4.69) is 10.1 Å². The quantitative estimate of drug-likeness (QED) is 0.841. The minimum Gasteiger partial charge on any atom is -0.433 e. The van der Waals surface area contributed by atoms with Crippen molar-refractivity contribution in [2.45, 2.75) is 19.1 Å². The van der Waals surface area contributed by atoms with Crippen molar-refractivity contribution >= 4 is 23.2 Å². The molecule has 0 radical (unpaired) electrons. The van der Waals surface area contributed by atoms with Gasteiger partial charge in [-0.2, -0.15) is 8.78 Å². The predicted molar refractivity (Wildman–Crippen MR) is 71.9 cm³/mol. The minimum absolute atomic E-state index is 0.00163. The van der Waals surface area contributed by atoms with Crippen molar-refractivity contribution in [3.8, 4) is 5.75 Å². The molecular weight excluding hydrogens is 290 g/mol.